The molecule has 1 fully saturated rings. The molecule has 100 valence electrons. The van der Waals surface area contributed by atoms with Crippen LogP contribution in [0.1, 0.15) is 19.8 Å². The molecule has 1 saturated carbocycles. The van der Waals surface area contributed by atoms with Gasteiger partial charge in [0.15, 0.2) is 6.10 Å². The first kappa shape index (κ1) is 13.9. The van der Waals surface area contributed by atoms with E-state index in [1.165, 1.54) is 0 Å². The lowest BCUT2D eigenvalue weighted by molar-refractivity contribution is -0.127. The predicted octanol–water partition coefficient (Wildman–Crippen LogP) is 2.63. The monoisotopic (exact) mass is 322 g/mol. The highest BCUT2D eigenvalue weighted by atomic mass is 79.9. The maximum atomic E-state index is 12.0. The molecule has 0 radical (unpaired) electrons. The topological polar surface area (TPSA) is 62.1 Å². The SMILES string of the molecule is C[C@H](Oc1ccccc1Br)C(=O)N[C@H](C#N)C1CC1. The summed E-state index contributed by atoms with van der Waals surface area (Å²) in [5, 5.41) is 11.7. The number of carbonyl (C=O) groups excluding carboxylic acids is 1. The summed E-state index contributed by atoms with van der Waals surface area (Å²) in [7, 11) is 0. The summed E-state index contributed by atoms with van der Waals surface area (Å²) in [5.74, 6) is 0.670. The van der Waals surface area contributed by atoms with Crippen molar-refractivity contribution in [3.05, 3.63) is 28.7 Å². The average Bonchev–Trinajstić information content (AvgIpc) is 3.22. The van der Waals surface area contributed by atoms with Gasteiger partial charge >= 0.3 is 0 Å². The fourth-order valence-corrected chi connectivity index (χ4v) is 2.12. The van der Waals surface area contributed by atoms with Crippen LogP contribution in [0.25, 0.3) is 0 Å². The van der Waals surface area contributed by atoms with Crippen LogP contribution < -0.4 is 10.1 Å². The lowest BCUT2D eigenvalue weighted by Crippen LogP contribution is -2.42. The van der Waals surface area contributed by atoms with E-state index in [0.717, 1.165) is 17.3 Å². The third-order valence-corrected chi connectivity index (χ3v) is 3.70. The van der Waals surface area contributed by atoms with Crippen molar-refractivity contribution in [3.8, 4) is 11.8 Å². The molecule has 19 heavy (non-hydrogen) atoms. The van der Waals surface area contributed by atoms with E-state index in [-0.39, 0.29) is 5.91 Å². The van der Waals surface area contributed by atoms with Gasteiger partial charge in [-0.1, -0.05) is 12.1 Å². The normalized spacial score (nSPS) is 17.1. The highest BCUT2D eigenvalue weighted by Gasteiger charge is 2.33. The minimum Gasteiger partial charge on any atom is -0.480 e. The number of ether oxygens (including phenoxy) is 1. The Morgan fingerprint density at radius 1 is 1.53 bits per heavy atom. The maximum Gasteiger partial charge on any atom is 0.261 e. The second kappa shape index (κ2) is 6.07. The molecule has 0 bridgehead atoms. The Balaban J connectivity index is 1.92. The van der Waals surface area contributed by atoms with Crippen LogP contribution in [0.4, 0.5) is 0 Å². The summed E-state index contributed by atoms with van der Waals surface area (Å²) in [4.78, 5) is 12.0. The fourth-order valence-electron chi connectivity index (χ4n) is 1.74. The van der Waals surface area contributed by atoms with Gasteiger partial charge < -0.3 is 10.1 Å². The molecule has 0 unspecified atom stereocenters. The number of hydrogen-bond acceptors (Lipinski definition) is 3. The zero-order valence-corrected chi connectivity index (χ0v) is 12.2. The molecule has 2 rings (SSSR count). The molecular formula is C14H15BrN2O2. The molecule has 1 amide bonds. The Labute approximate surface area is 120 Å². The number of nitrogens with zero attached hydrogens (tertiary/aromatic N) is 1. The van der Waals surface area contributed by atoms with E-state index < -0.39 is 12.1 Å². The summed E-state index contributed by atoms with van der Waals surface area (Å²) < 4.78 is 6.38. The van der Waals surface area contributed by atoms with E-state index in [4.69, 9.17) is 10.00 Å². The van der Waals surface area contributed by atoms with E-state index in [1.54, 1.807) is 13.0 Å². The second-order valence-electron chi connectivity index (χ2n) is 4.64. The van der Waals surface area contributed by atoms with Crippen molar-refractivity contribution < 1.29 is 9.53 Å². The van der Waals surface area contributed by atoms with E-state index in [1.807, 2.05) is 18.2 Å². The van der Waals surface area contributed by atoms with E-state index >= 15 is 0 Å². The van der Waals surface area contributed by atoms with Gasteiger partial charge in [0.05, 0.1) is 10.5 Å². The van der Waals surface area contributed by atoms with Crippen molar-refractivity contribution in [2.24, 2.45) is 5.92 Å². The number of hydrogen-bond donors (Lipinski definition) is 1. The van der Waals surface area contributed by atoms with Crippen LogP contribution >= 0.6 is 15.9 Å². The number of nitrogens with one attached hydrogen (secondary N) is 1. The first-order chi connectivity index (χ1) is 9.11. The second-order valence-corrected chi connectivity index (χ2v) is 5.50. The molecule has 1 aliphatic carbocycles. The minimum atomic E-state index is -0.631. The van der Waals surface area contributed by atoms with Crippen molar-refractivity contribution in [2.45, 2.75) is 31.9 Å². The predicted molar refractivity (Wildman–Crippen MR) is 74.5 cm³/mol. The van der Waals surface area contributed by atoms with E-state index in [9.17, 15) is 4.79 Å². The Bertz CT molecular complexity index is 508. The van der Waals surface area contributed by atoms with Crippen LogP contribution in [0.15, 0.2) is 28.7 Å². The smallest absolute Gasteiger partial charge is 0.261 e. The number of amides is 1. The molecule has 0 aromatic heterocycles. The largest absolute Gasteiger partial charge is 0.480 e. The molecular weight excluding hydrogens is 308 g/mol. The highest BCUT2D eigenvalue weighted by Crippen LogP contribution is 2.32. The highest BCUT2D eigenvalue weighted by molar-refractivity contribution is 9.10. The molecule has 0 heterocycles. The lowest BCUT2D eigenvalue weighted by atomic mass is 10.2. The van der Waals surface area contributed by atoms with Gasteiger partial charge in [-0.3, -0.25) is 4.79 Å². The van der Waals surface area contributed by atoms with Crippen molar-refractivity contribution in [2.75, 3.05) is 0 Å². The number of halogens is 1. The Morgan fingerprint density at radius 3 is 2.79 bits per heavy atom. The third kappa shape index (κ3) is 3.71. The van der Waals surface area contributed by atoms with Gasteiger partial charge in [-0.15, -0.1) is 0 Å². The molecule has 1 aliphatic rings. The third-order valence-electron chi connectivity index (χ3n) is 3.04. The van der Waals surface area contributed by atoms with Gasteiger partial charge in [0.25, 0.3) is 5.91 Å². The summed E-state index contributed by atoms with van der Waals surface area (Å²) in [6, 6.07) is 9.09. The van der Waals surface area contributed by atoms with Crippen molar-refractivity contribution in [1.82, 2.24) is 5.32 Å². The van der Waals surface area contributed by atoms with E-state index in [2.05, 4.69) is 27.3 Å². The number of carbonyl (C=O) groups is 1. The number of benzene rings is 1. The van der Waals surface area contributed by atoms with Crippen LogP contribution in [0.3, 0.4) is 0 Å². The van der Waals surface area contributed by atoms with Gasteiger partial charge in [-0.25, -0.2) is 0 Å². The summed E-state index contributed by atoms with van der Waals surface area (Å²) in [5.41, 5.74) is 0. The van der Waals surface area contributed by atoms with Crippen LogP contribution in [-0.4, -0.2) is 18.1 Å². The molecule has 0 saturated heterocycles. The van der Waals surface area contributed by atoms with Gasteiger partial charge in [-0.2, -0.15) is 5.26 Å². The maximum absolute atomic E-state index is 12.0. The standard InChI is InChI=1S/C14H15BrN2O2/c1-9(19-13-5-3-2-4-11(13)15)14(18)17-12(8-16)10-6-7-10/h2-5,9-10,12H,6-7H2,1H3,(H,17,18)/t9-,12+/m0/s1. The van der Waals surface area contributed by atoms with Gasteiger partial charge in [0, 0.05) is 0 Å². The van der Waals surface area contributed by atoms with Crippen LogP contribution in [0.2, 0.25) is 0 Å². The minimum absolute atomic E-state index is 0.255. The molecule has 2 atom stereocenters. The molecule has 0 aliphatic heterocycles. The first-order valence-corrected chi connectivity index (χ1v) is 7.02. The van der Waals surface area contributed by atoms with Crippen molar-refractivity contribution in [1.29, 1.82) is 5.26 Å². The zero-order chi connectivity index (χ0) is 13.8. The first-order valence-electron chi connectivity index (χ1n) is 6.23. The van der Waals surface area contributed by atoms with Gasteiger partial charge in [0.1, 0.15) is 11.8 Å². The quantitative estimate of drug-likeness (QED) is 0.906. The molecule has 5 heteroatoms. The van der Waals surface area contributed by atoms with Crippen LogP contribution in [0.5, 0.6) is 5.75 Å². The molecule has 1 aromatic rings. The molecule has 1 N–H and O–H groups in total. The van der Waals surface area contributed by atoms with Crippen molar-refractivity contribution >= 4 is 21.8 Å². The van der Waals surface area contributed by atoms with Crippen LogP contribution in [0, 0.1) is 17.2 Å². The molecule has 4 nitrogen and oxygen atoms in total. The average molecular weight is 323 g/mol. The summed E-state index contributed by atoms with van der Waals surface area (Å²) >= 11 is 3.36. The number of para-hydroxylation sites is 1. The summed E-state index contributed by atoms with van der Waals surface area (Å²) in [6.07, 6.45) is 1.39. The van der Waals surface area contributed by atoms with Crippen LogP contribution in [-0.2, 0) is 4.79 Å². The number of rotatable bonds is 5. The Kier molecular flexibility index (Phi) is 4.43. The van der Waals surface area contributed by atoms with Crippen molar-refractivity contribution in [3.63, 3.8) is 0 Å². The van der Waals surface area contributed by atoms with E-state index in [0.29, 0.717) is 11.7 Å². The number of nitriles is 1. The lowest BCUT2D eigenvalue weighted by Gasteiger charge is -2.17. The Morgan fingerprint density at radius 2 is 2.21 bits per heavy atom. The Hall–Kier alpha value is -1.54. The van der Waals surface area contributed by atoms with Gasteiger partial charge in [-0.05, 0) is 53.7 Å². The molecule has 0 spiro atoms. The fraction of sp³-hybridized carbons (Fsp3) is 0.429. The zero-order valence-electron chi connectivity index (χ0n) is 10.6. The summed E-state index contributed by atoms with van der Waals surface area (Å²) in [6.45, 7) is 1.68. The molecule has 1 aromatic carbocycles. The van der Waals surface area contributed by atoms with Gasteiger partial charge in [0.2, 0.25) is 0 Å².